The number of aryl methyl sites for hydroxylation is 2. The van der Waals surface area contributed by atoms with Crippen molar-refractivity contribution in [2.24, 2.45) is 0 Å². The van der Waals surface area contributed by atoms with Crippen LogP contribution in [0.3, 0.4) is 0 Å². The van der Waals surface area contributed by atoms with Crippen LogP contribution in [0, 0.1) is 0 Å². The number of hydrogen-bond acceptors (Lipinski definition) is 3. The topological polar surface area (TPSA) is 60.0 Å². The predicted molar refractivity (Wildman–Crippen MR) is 58.9 cm³/mol. The fourth-order valence-electron chi connectivity index (χ4n) is 1.56. The van der Waals surface area contributed by atoms with Gasteiger partial charge in [-0.1, -0.05) is 6.07 Å². The van der Waals surface area contributed by atoms with Gasteiger partial charge >= 0.3 is 0 Å². The third-order valence-corrected chi connectivity index (χ3v) is 2.42. The minimum Gasteiger partial charge on any atom is -0.388 e. The number of hydrogen-bond donors (Lipinski definition) is 1. The average Bonchev–Trinajstić information content (AvgIpc) is 2.75. The van der Waals surface area contributed by atoms with E-state index in [-0.39, 0.29) is 12.2 Å². The first-order valence-corrected chi connectivity index (χ1v) is 5.07. The van der Waals surface area contributed by atoms with Crippen LogP contribution in [0.5, 0.6) is 0 Å². The number of aliphatic hydroxyl groups excluding tert-OH is 1. The summed E-state index contributed by atoms with van der Waals surface area (Å²) in [5, 5.41) is 9.01. The zero-order valence-electron chi connectivity index (χ0n) is 8.78. The molecule has 0 aliphatic carbocycles. The van der Waals surface area contributed by atoms with Gasteiger partial charge in [0.2, 0.25) is 0 Å². The van der Waals surface area contributed by atoms with Crippen LogP contribution in [0.2, 0.25) is 0 Å². The monoisotopic (exact) mass is 219 g/mol. The third-order valence-electron chi connectivity index (χ3n) is 2.42. The first kappa shape index (κ1) is 10.6. The zero-order valence-corrected chi connectivity index (χ0v) is 8.78. The molecule has 2 aromatic heterocycles. The minimum atomic E-state index is -0.0866. The van der Waals surface area contributed by atoms with E-state index in [2.05, 4.69) is 4.98 Å². The highest BCUT2D eigenvalue weighted by Crippen LogP contribution is 1.97. The molecule has 0 radical (unpaired) electrons. The van der Waals surface area contributed by atoms with Gasteiger partial charge in [-0.2, -0.15) is 0 Å². The molecule has 0 aliphatic rings. The Morgan fingerprint density at radius 1 is 1.19 bits per heavy atom. The number of aliphatic hydroxyl groups is 1. The summed E-state index contributed by atoms with van der Waals surface area (Å²) < 4.78 is 3.46. The molecule has 0 bridgehead atoms. The van der Waals surface area contributed by atoms with Gasteiger partial charge in [0.05, 0.1) is 0 Å². The Morgan fingerprint density at radius 3 is 2.75 bits per heavy atom. The summed E-state index contributed by atoms with van der Waals surface area (Å²) in [5.74, 6) is 0.615. The normalized spacial score (nSPS) is 10.6. The summed E-state index contributed by atoms with van der Waals surface area (Å²) in [6.45, 7) is 1.11. The quantitative estimate of drug-likeness (QED) is 0.801. The SMILES string of the molecule is O=c1ccccn1CCn1ccnc1CO. The van der Waals surface area contributed by atoms with Gasteiger partial charge in [0.25, 0.3) is 5.56 Å². The molecule has 0 saturated carbocycles. The molecule has 5 nitrogen and oxygen atoms in total. The van der Waals surface area contributed by atoms with E-state index >= 15 is 0 Å². The van der Waals surface area contributed by atoms with Crippen LogP contribution in [0.1, 0.15) is 5.82 Å². The van der Waals surface area contributed by atoms with Crippen molar-refractivity contribution in [2.75, 3.05) is 0 Å². The molecule has 2 rings (SSSR count). The fourth-order valence-corrected chi connectivity index (χ4v) is 1.56. The van der Waals surface area contributed by atoms with Crippen LogP contribution in [0.4, 0.5) is 0 Å². The molecule has 2 heterocycles. The van der Waals surface area contributed by atoms with Gasteiger partial charge in [0.15, 0.2) is 0 Å². The second-order valence-electron chi connectivity index (χ2n) is 3.43. The molecule has 0 spiro atoms. The Morgan fingerprint density at radius 2 is 2.00 bits per heavy atom. The standard InChI is InChI=1S/C11H13N3O2/c15-9-10-12-4-6-13(10)7-8-14-5-2-1-3-11(14)16/h1-6,15H,7-9H2. The highest BCUT2D eigenvalue weighted by molar-refractivity contribution is 4.94. The Bertz CT molecular complexity index is 516. The van der Waals surface area contributed by atoms with Gasteiger partial charge in [0.1, 0.15) is 12.4 Å². The molecule has 1 N–H and O–H groups in total. The minimum absolute atomic E-state index is 0.0202. The van der Waals surface area contributed by atoms with Crippen LogP contribution in [0.15, 0.2) is 41.6 Å². The number of imidazole rings is 1. The van der Waals surface area contributed by atoms with E-state index in [1.807, 2.05) is 10.6 Å². The summed E-state index contributed by atoms with van der Waals surface area (Å²) in [6.07, 6.45) is 5.18. The van der Waals surface area contributed by atoms with Crippen molar-refractivity contribution < 1.29 is 5.11 Å². The highest BCUT2D eigenvalue weighted by Gasteiger charge is 2.01. The van der Waals surface area contributed by atoms with E-state index in [0.29, 0.717) is 18.9 Å². The van der Waals surface area contributed by atoms with Crippen molar-refractivity contribution >= 4 is 0 Å². The summed E-state index contributed by atoms with van der Waals surface area (Å²) in [4.78, 5) is 15.4. The molecule has 84 valence electrons. The summed E-state index contributed by atoms with van der Waals surface area (Å²) in [7, 11) is 0. The van der Waals surface area contributed by atoms with E-state index in [1.165, 1.54) is 6.07 Å². The average molecular weight is 219 g/mol. The van der Waals surface area contributed by atoms with E-state index in [0.717, 1.165) is 0 Å². The van der Waals surface area contributed by atoms with Gasteiger partial charge in [-0.25, -0.2) is 4.98 Å². The molecule has 0 aromatic carbocycles. The lowest BCUT2D eigenvalue weighted by Crippen LogP contribution is -2.20. The first-order chi connectivity index (χ1) is 7.81. The van der Waals surface area contributed by atoms with Gasteiger partial charge < -0.3 is 14.2 Å². The molecular weight excluding hydrogens is 206 g/mol. The molecule has 0 fully saturated rings. The summed E-state index contributed by atoms with van der Waals surface area (Å²) >= 11 is 0. The van der Waals surface area contributed by atoms with Crippen molar-refractivity contribution in [1.82, 2.24) is 14.1 Å². The second kappa shape index (κ2) is 4.76. The van der Waals surface area contributed by atoms with Gasteiger partial charge in [0, 0.05) is 37.7 Å². The predicted octanol–water partition coefficient (Wildman–Crippen LogP) is 0.237. The first-order valence-electron chi connectivity index (χ1n) is 5.07. The van der Waals surface area contributed by atoms with Crippen LogP contribution >= 0.6 is 0 Å². The lowest BCUT2D eigenvalue weighted by atomic mass is 10.4. The van der Waals surface area contributed by atoms with E-state index < -0.39 is 0 Å². The Kier molecular flexibility index (Phi) is 3.16. The van der Waals surface area contributed by atoms with Crippen LogP contribution in [0.25, 0.3) is 0 Å². The lowest BCUT2D eigenvalue weighted by molar-refractivity contribution is 0.264. The van der Waals surface area contributed by atoms with Crippen LogP contribution in [-0.2, 0) is 19.7 Å². The van der Waals surface area contributed by atoms with Gasteiger partial charge in [-0.05, 0) is 6.07 Å². The Hall–Kier alpha value is -1.88. The van der Waals surface area contributed by atoms with E-state index in [4.69, 9.17) is 5.11 Å². The number of nitrogens with zero attached hydrogens (tertiary/aromatic N) is 3. The maximum Gasteiger partial charge on any atom is 0.250 e. The maximum absolute atomic E-state index is 11.4. The molecule has 0 saturated heterocycles. The fraction of sp³-hybridized carbons (Fsp3) is 0.273. The van der Waals surface area contributed by atoms with Crippen LogP contribution in [-0.4, -0.2) is 19.2 Å². The molecule has 0 atom stereocenters. The van der Waals surface area contributed by atoms with E-state index in [9.17, 15) is 4.79 Å². The zero-order chi connectivity index (χ0) is 11.4. The number of rotatable bonds is 4. The number of pyridine rings is 1. The van der Waals surface area contributed by atoms with Crippen molar-refractivity contribution in [3.8, 4) is 0 Å². The molecule has 5 heteroatoms. The lowest BCUT2D eigenvalue weighted by Gasteiger charge is -2.07. The maximum atomic E-state index is 11.4. The second-order valence-corrected chi connectivity index (χ2v) is 3.43. The molecule has 0 aliphatic heterocycles. The van der Waals surface area contributed by atoms with Crippen molar-refractivity contribution in [2.45, 2.75) is 19.7 Å². The van der Waals surface area contributed by atoms with Gasteiger partial charge in [-0.15, -0.1) is 0 Å². The van der Waals surface area contributed by atoms with Crippen LogP contribution < -0.4 is 5.56 Å². The Balaban J connectivity index is 2.08. The van der Waals surface area contributed by atoms with Crippen molar-refractivity contribution in [1.29, 1.82) is 0 Å². The van der Waals surface area contributed by atoms with Crippen molar-refractivity contribution in [3.63, 3.8) is 0 Å². The van der Waals surface area contributed by atoms with Crippen molar-refractivity contribution in [3.05, 3.63) is 53.0 Å². The molecule has 0 unspecified atom stereocenters. The van der Waals surface area contributed by atoms with E-state index in [1.54, 1.807) is 29.2 Å². The molecule has 2 aromatic rings. The largest absolute Gasteiger partial charge is 0.388 e. The number of aromatic nitrogens is 3. The third kappa shape index (κ3) is 2.20. The Labute approximate surface area is 92.6 Å². The smallest absolute Gasteiger partial charge is 0.250 e. The summed E-state index contributed by atoms with van der Waals surface area (Å²) in [6, 6.07) is 5.07. The molecule has 0 amide bonds. The molecule has 16 heavy (non-hydrogen) atoms. The molecular formula is C11H13N3O2. The van der Waals surface area contributed by atoms with Gasteiger partial charge in [-0.3, -0.25) is 4.79 Å². The highest BCUT2D eigenvalue weighted by atomic mass is 16.3. The summed E-state index contributed by atoms with van der Waals surface area (Å²) in [5.41, 5.74) is -0.0202.